The summed E-state index contributed by atoms with van der Waals surface area (Å²) < 4.78 is 32.0. The van der Waals surface area contributed by atoms with E-state index in [4.69, 9.17) is 9.73 Å². The fourth-order valence-corrected chi connectivity index (χ4v) is 4.37. The first-order valence-electron chi connectivity index (χ1n) is 10.5. The Kier molecular flexibility index (Phi) is 9.32. The highest BCUT2D eigenvalue weighted by Crippen LogP contribution is 2.11. The standard InChI is InChI=1S/C20H36N6O3S/c1-6-21-20(22-16-18-8-7-9-19(23-18)24(4)5)25-10-12-26(13-11-25)30(27,28)15-14-29-17(2)3/h7-9,17H,6,10-16H2,1-5H3,(H,21,22). The molecule has 30 heavy (non-hydrogen) atoms. The average molecular weight is 441 g/mol. The van der Waals surface area contributed by atoms with Gasteiger partial charge >= 0.3 is 0 Å². The van der Waals surface area contributed by atoms with Crippen molar-refractivity contribution in [3.8, 4) is 0 Å². The minimum Gasteiger partial charge on any atom is -0.378 e. The van der Waals surface area contributed by atoms with E-state index in [-0.39, 0.29) is 18.5 Å². The molecule has 0 spiro atoms. The zero-order valence-electron chi connectivity index (χ0n) is 18.8. The van der Waals surface area contributed by atoms with Crippen molar-refractivity contribution in [1.29, 1.82) is 0 Å². The van der Waals surface area contributed by atoms with Gasteiger partial charge in [-0.3, -0.25) is 0 Å². The topological polar surface area (TPSA) is 90.4 Å². The van der Waals surface area contributed by atoms with Crippen LogP contribution >= 0.6 is 0 Å². The first-order valence-corrected chi connectivity index (χ1v) is 12.1. The molecule has 0 aliphatic carbocycles. The fraction of sp³-hybridized carbons (Fsp3) is 0.700. The van der Waals surface area contributed by atoms with Crippen LogP contribution in [0, 0.1) is 0 Å². The molecule has 0 aromatic carbocycles. The number of aliphatic imine (C=N–C) groups is 1. The van der Waals surface area contributed by atoms with Gasteiger partial charge in [0.2, 0.25) is 10.0 Å². The number of anilines is 1. The third-order valence-electron chi connectivity index (χ3n) is 4.70. The number of nitrogens with zero attached hydrogens (tertiary/aromatic N) is 5. The Bertz CT molecular complexity index is 789. The van der Waals surface area contributed by atoms with Gasteiger partial charge < -0.3 is 19.9 Å². The first-order chi connectivity index (χ1) is 14.2. The molecule has 0 bridgehead atoms. The van der Waals surface area contributed by atoms with Gasteiger partial charge in [-0.15, -0.1) is 0 Å². The molecule has 1 aliphatic rings. The Morgan fingerprint density at radius 2 is 1.97 bits per heavy atom. The average Bonchev–Trinajstić information content (AvgIpc) is 2.71. The zero-order chi connectivity index (χ0) is 22.1. The van der Waals surface area contributed by atoms with Crippen LogP contribution in [-0.4, -0.2) is 93.8 Å². The van der Waals surface area contributed by atoms with Crippen molar-refractivity contribution in [2.75, 3.05) is 64.1 Å². The second kappa shape index (κ2) is 11.5. The molecule has 1 aliphatic heterocycles. The quantitative estimate of drug-likeness (QED) is 0.452. The smallest absolute Gasteiger partial charge is 0.216 e. The maximum atomic E-state index is 12.5. The number of guanidine groups is 1. The summed E-state index contributed by atoms with van der Waals surface area (Å²) in [4.78, 5) is 13.4. The molecule has 1 N–H and O–H groups in total. The summed E-state index contributed by atoms with van der Waals surface area (Å²) in [6.45, 7) is 9.36. The third-order valence-corrected chi connectivity index (χ3v) is 6.53. The van der Waals surface area contributed by atoms with Crippen molar-refractivity contribution < 1.29 is 13.2 Å². The molecular weight excluding hydrogens is 404 g/mol. The lowest BCUT2D eigenvalue weighted by Crippen LogP contribution is -2.54. The van der Waals surface area contributed by atoms with Crippen molar-refractivity contribution in [3.05, 3.63) is 23.9 Å². The van der Waals surface area contributed by atoms with Crippen LogP contribution in [0.25, 0.3) is 0 Å². The minimum absolute atomic E-state index is 0.0211. The predicted molar refractivity (Wildman–Crippen MR) is 121 cm³/mol. The van der Waals surface area contributed by atoms with Crippen molar-refractivity contribution in [1.82, 2.24) is 19.5 Å². The lowest BCUT2D eigenvalue weighted by atomic mass is 10.3. The molecule has 1 aromatic heterocycles. The summed E-state index contributed by atoms with van der Waals surface area (Å²) >= 11 is 0. The van der Waals surface area contributed by atoms with Gasteiger partial charge in [0.15, 0.2) is 5.96 Å². The van der Waals surface area contributed by atoms with Crippen molar-refractivity contribution in [3.63, 3.8) is 0 Å². The molecule has 9 nitrogen and oxygen atoms in total. The molecule has 2 rings (SSSR count). The molecule has 1 fully saturated rings. The second-order valence-electron chi connectivity index (χ2n) is 7.67. The molecule has 0 radical (unpaired) electrons. The van der Waals surface area contributed by atoms with Crippen LogP contribution in [0.1, 0.15) is 26.5 Å². The van der Waals surface area contributed by atoms with Crippen molar-refractivity contribution in [2.45, 2.75) is 33.4 Å². The van der Waals surface area contributed by atoms with Gasteiger partial charge in [-0.25, -0.2) is 18.4 Å². The number of sulfonamides is 1. The summed E-state index contributed by atoms with van der Waals surface area (Å²) in [6, 6.07) is 5.90. The van der Waals surface area contributed by atoms with E-state index in [0.717, 1.165) is 24.0 Å². The maximum absolute atomic E-state index is 12.5. The van der Waals surface area contributed by atoms with Gasteiger partial charge in [0.25, 0.3) is 0 Å². The van der Waals surface area contributed by atoms with Gasteiger partial charge in [0.1, 0.15) is 5.82 Å². The Balaban J connectivity index is 1.96. The van der Waals surface area contributed by atoms with Gasteiger partial charge in [-0.2, -0.15) is 4.31 Å². The molecule has 2 heterocycles. The Labute approximate surface area is 181 Å². The van der Waals surface area contributed by atoms with E-state index in [1.54, 1.807) is 4.31 Å². The summed E-state index contributed by atoms with van der Waals surface area (Å²) in [5.41, 5.74) is 0.892. The molecule has 0 atom stereocenters. The monoisotopic (exact) mass is 440 g/mol. The molecule has 1 aromatic rings. The highest BCUT2D eigenvalue weighted by Gasteiger charge is 2.28. The predicted octanol–water partition coefficient (Wildman–Crippen LogP) is 0.986. The van der Waals surface area contributed by atoms with E-state index in [2.05, 4.69) is 15.2 Å². The molecular formula is C20H36N6O3S. The molecule has 170 valence electrons. The Morgan fingerprint density at radius 1 is 1.27 bits per heavy atom. The summed E-state index contributed by atoms with van der Waals surface area (Å²) in [7, 11) is 0.619. The normalized spacial score (nSPS) is 16.2. The highest BCUT2D eigenvalue weighted by atomic mass is 32.2. The van der Waals surface area contributed by atoms with Gasteiger partial charge in [0.05, 0.1) is 30.7 Å². The minimum atomic E-state index is -3.30. The molecule has 0 amide bonds. The van der Waals surface area contributed by atoms with Gasteiger partial charge in [-0.05, 0) is 32.9 Å². The number of hydrogen-bond acceptors (Lipinski definition) is 6. The van der Waals surface area contributed by atoms with Crippen molar-refractivity contribution >= 4 is 21.8 Å². The summed E-state index contributed by atoms with van der Waals surface area (Å²) in [6.07, 6.45) is 0.0313. The Hall–Kier alpha value is -1.91. The number of piperazine rings is 1. The fourth-order valence-electron chi connectivity index (χ4n) is 3.08. The van der Waals surface area contributed by atoms with Crippen LogP contribution in [0.5, 0.6) is 0 Å². The first kappa shape index (κ1) is 24.4. The van der Waals surface area contributed by atoms with Crippen LogP contribution in [0.2, 0.25) is 0 Å². The maximum Gasteiger partial charge on any atom is 0.216 e. The number of pyridine rings is 1. The third kappa shape index (κ3) is 7.41. The lowest BCUT2D eigenvalue weighted by molar-refractivity contribution is 0.0904. The molecule has 0 unspecified atom stereocenters. The van der Waals surface area contributed by atoms with Crippen LogP contribution in [-0.2, 0) is 21.3 Å². The summed E-state index contributed by atoms with van der Waals surface area (Å²) in [5, 5.41) is 3.31. The molecule has 10 heteroatoms. The molecule has 1 saturated heterocycles. The lowest BCUT2D eigenvalue weighted by Gasteiger charge is -2.35. The number of ether oxygens (including phenoxy) is 1. The zero-order valence-corrected chi connectivity index (χ0v) is 19.7. The van der Waals surface area contributed by atoms with E-state index in [0.29, 0.717) is 32.7 Å². The summed E-state index contributed by atoms with van der Waals surface area (Å²) in [5.74, 6) is 1.70. The number of hydrogen-bond donors (Lipinski definition) is 1. The van der Waals surface area contributed by atoms with E-state index < -0.39 is 10.0 Å². The van der Waals surface area contributed by atoms with E-state index in [1.165, 1.54) is 0 Å². The Morgan fingerprint density at radius 3 is 2.57 bits per heavy atom. The molecule has 0 saturated carbocycles. The van der Waals surface area contributed by atoms with E-state index in [1.807, 2.05) is 58.0 Å². The van der Waals surface area contributed by atoms with E-state index >= 15 is 0 Å². The number of rotatable bonds is 9. The van der Waals surface area contributed by atoms with Crippen LogP contribution in [0.3, 0.4) is 0 Å². The van der Waals surface area contributed by atoms with Crippen LogP contribution < -0.4 is 10.2 Å². The van der Waals surface area contributed by atoms with Gasteiger partial charge in [-0.1, -0.05) is 6.07 Å². The highest BCUT2D eigenvalue weighted by molar-refractivity contribution is 7.89. The van der Waals surface area contributed by atoms with Gasteiger partial charge in [0, 0.05) is 46.8 Å². The second-order valence-corrected chi connectivity index (χ2v) is 9.76. The largest absolute Gasteiger partial charge is 0.378 e. The van der Waals surface area contributed by atoms with Crippen molar-refractivity contribution in [2.24, 2.45) is 4.99 Å². The number of aromatic nitrogens is 1. The van der Waals surface area contributed by atoms with Crippen LogP contribution in [0.15, 0.2) is 23.2 Å². The SMILES string of the molecule is CCNC(=NCc1cccc(N(C)C)n1)N1CCN(S(=O)(=O)CCOC(C)C)CC1. The van der Waals surface area contributed by atoms with Crippen LogP contribution in [0.4, 0.5) is 5.82 Å². The van der Waals surface area contributed by atoms with E-state index in [9.17, 15) is 8.42 Å². The number of nitrogens with one attached hydrogen (secondary N) is 1.